The van der Waals surface area contributed by atoms with Crippen molar-refractivity contribution in [3.8, 4) is 56.4 Å². The Morgan fingerprint density at radius 2 is 0.615 bits per heavy atom. The largest absolute Gasteiger partial charge is 0.265 e. The molecule has 242 valence electrons. The van der Waals surface area contributed by atoms with Gasteiger partial charge < -0.3 is 0 Å². The van der Waals surface area contributed by atoms with Crippen LogP contribution in [0.15, 0.2) is 176 Å². The Hall–Kier alpha value is -7.11. The summed E-state index contributed by atoms with van der Waals surface area (Å²) >= 11 is 0. The SMILES string of the molecule is c1ccc2c(c1)cc(-c1cc(-c3nc(-c4ccncc4)nc(-c4ccncc4)n3)cc(-c3cc4ccccc4c4ccccc34)c1)c1ccccc12. The molecule has 3 heterocycles. The van der Waals surface area contributed by atoms with Crippen LogP contribution in [-0.4, -0.2) is 24.9 Å². The summed E-state index contributed by atoms with van der Waals surface area (Å²) in [5, 5.41) is 9.69. The summed E-state index contributed by atoms with van der Waals surface area (Å²) in [6.07, 6.45) is 7.05. The number of hydrogen-bond acceptors (Lipinski definition) is 5. The monoisotopic (exact) mass is 663 g/mol. The van der Waals surface area contributed by atoms with Crippen molar-refractivity contribution in [2.45, 2.75) is 0 Å². The van der Waals surface area contributed by atoms with Gasteiger partial charge in [-0.3, -0.25) is 9.97 Å². The van der Waals surface area contributed by atoms with E-state index in [1.54, 1.807) is 24.8 Å². The lowest BCUT2D eigenvalue weighted by Gasteiger charge is -2.16. The summed E-state index contributed by atoms with van der Waals surface area (Å²) in [7, 11) is 0. The van der Waals surface area contributed by atoms with E-state index in [-0.39, 0.29) is 0 Å². The second-order valence-electron chi connectivity index (χ2n) is 13.0. The molecule has 52 heavy (non-hydrogen) atoms. The molecule has 0 saturated carbocycles. The summed E-state index contributed by atoms with van der Waals surface area (Å²) in [5.41, 5.74) is 7.11. The number of nitrogens with zero attached hydrogens (tertiary/aromatic N) is 5. The Labute approximate surface area is 300 Å². The standard InChI is InChI=1S/C47H29N5/c1-3-11-37-32(9-1)28-43(41-15-7-5-13-39(37)41)34-25-35(44-29-33-10-2-4-12-38(33)40-14-6-8-16-42(40)44)27-36(26-34)47-51-45(30-17-21-48-22-18-30)50-46(52-47)31-19-23-49-24-20-31/h1-29H. The van der Waals surface area contributed by atoms with Gasteiger partial charge in [-0.15, -0.1) is 0 Å². The van der Waals surface area contributed by atoms with Crippen molar-refractivity contribution in [1.82, 2.24) is 24.9 Å². The van der Waals surface area contributed by atoms with Crippen molar-refractivity contribution in [3.63, 3.8) is 0 Å². The minimum Gasteiger partial charge on any atom is -0.265 e. The van der Waals surface area contributed by atoms with E-state index >= 15 is 0 Å². The van der Waals surface area contributed by atoms with E-state index in [4.69, 9.17) is 15.0 Å². The van der Waals surface area contributed by atoms with E-state index in [1.165, 1.54) is 43.1 Å². The fraction of sp³-hybridized carbons (Fsp3) is 0. The number of pyridine rings is 2. The first-order valence-corrected chi connectivity index (χ1v) is 17.3. The van der Waals surface area contributed by atoms with Crippen molar-refractivity contribution in [2.24, 2.45) is 0 Å². The van der Waals surface area contributed by atoms with E-state index in [9.17, 15) is 0 Å². The van der Waals surface area contributed by atoms with Gasteiger partial charge in [0.1, 0.15) is 0 Å². The van der Waals surface area contributed by atoms with Crippen LogP contribution in [-0.2, 0) is 0 Å². The first kappa shape index (κ1) is 29.8. The van der Waals surface area contributed by atoms with Crippen LogP contribution in [0.3, 0.4) is 0 Å². The third kappa shape index (κ3) is 5.15. The maximum atomic E-state index is 5.13. The van der Waals surface area contributed by atoms with Crippen LogP contribution in [0.5, 0.6) is 0 Å². The fourth-order valence-corrected chi connectivity index (χ4v) is 7.42. The molecule has 10 aromatic rings. The summed E-state index contributed by atoms with van der Waals surface area (Å²) in [6, 6.07) is 53.7. The number of benzene rings is 7. The predicted molar refractivity (Wildman–Crippen MR) is 213 cm³/mol. The molecule has 0 saturated heterocycles. The van der Waals surface area contributed by atoms with Crippen LogP contribution in [0.2, 0.25) is 0 Å². The van der Waals surface area contributed by atoms with Crippen LogP contribution in [0, 0.1) is 0 Å². The lowest BCUT2D eigenvalue weighted by molar-refractivity contribution is 1.07. The molecule has 3 aromatic heterocycles. The van der Waals surface area contributed by atoms with Crippen molar-refractivity contribution < 1.29 is 0 Å². The summed E-state index contributed by atoms with van der Waals surface area (Å²) in [6.45, 7) is 0. The van der Waals surface area contributed by atoms with E-state index < -0.39 is 0 Å². The number of aromatic nitrogens is 5. The summed E-state index contributed by atoms with van der Waals surface area (Å²) in [5.74, 6) is 1.75. The molecule has 0 aliphatic carbocycles. The minimum absolute atomic E-state index is 0.582. The van der Waals surface area contributed by atoms with Gasteiger partial charge in [0.2, 0.25) is 0 Å². The van der Waals surface area contributed by atoms with Crippen molar-refractivity contribution in [2.75, 3.05) is 0 Å². The molecule has 7 aromatic carbocycles. The highest BCUT2D eigenvalue weighted by Crippen LogP contribution is 2.41. The van der Waals surface area contributed by atoms with Crippen LogP contribution in [0.25, 0.3) is 99.5 Å². The molecular formula is C47H29N5. The molecule has 5 nitrogen and oxygen atoms in total. The van der Waals surface area contributed by atoms with E-state index in [2.05, 4.69) is 137 Å². The quantitative estimate of drug-likeness (QED) is 0.171. The molecule has 0 amide bonds. The van der Waals surface area contributed by atoms with Crippen LogP contribution < -0.4 is 0 Å². The fourth-order valence-electron chi connectivity index (χ4n) is 7.42. The van der Waals surface area contributed by atoms with Crippen molar-refractivity contribution >= 4 is 43.1 Å². The highest BCUT2D eigenvalue weighted by Gasteiger charge is 2.18. The molecule has 0 radical (unpaired) electrons. The van der Waals surface area contributed by atoms with E-state index in [0.29, 0.717) is 17.5 Å². The first-order valence-electron chi connectivity index (χ1n) is 17.3. The molecule has 0 bridgehead atoms. The zero-order chi connectivity index (χ0) is 34.4. The molecule has 0 fully saturated rings. The van der Waals surface area contributed by atoms with Gasteiger partial charge in [0.25, 0.3) is 0 Å². The molecular weight excluding hydrogens is 635 g/mol. The second kappa shape index (κ2) is 12.3. The van der Waals surface area contributed by atoms with Gasteiger partial charge in [-0.05, 0) is 120 Å². The third-order valence-corrected chi connectivity index (χ3v) is 9.86. The zero-order valence-corrected chi connectivity index (χ0v) is 28.0. The smallest absolute Gasteiger partial charge is 0.164 e. The van der Waals surface area contributed by atoms with Crippen LogP contribution in [0.4, 0.5) is 0 Å². The van der Waals surface area contributed by atoms with Gasteiger partial charge in [0.15, 0.2) is 17.5 Å². The number of fused-ring (bicyclic) bond motifs is 6. The Bertz CT molecular complexity index is 2760. The van der Waals surface area contributed by atoms with Crippen molar-refractivity contribution in [1.29, 1.82) is 0 Å². The molecule has 0 spiro atoms. The Morgan fingerprint density at radius 3 is 1.06 bits per heavy atom. The maximum absolute atomic E-state index is 5.13. The van der Waals surface area contributed by atoms with Gasteiger partial charge in [-0.2, -0.15) is 0 Å². The third-order valence-electron chi connectivity index (χ3n) is 9.86. The van der Waals surface area contributed by atoms with E-state index in [0.717, 1.165) is 38.9 Å². The molecule has 0 N–H and O–H groups in total. The maximum Gasteiger partial charge on any atom is 0.164 e. The topological polar surface area (TPSA) is 64.5 Å². The average Bonchev–Trinajstić information content (AvgIpc) is 3.23. The Kier molecular flexibility index (Phi) is 7.07. The highest BCUT2D eigenvalue weighted by molar-refractivity contribution is 6.16. The normalized spacial score (nSPS) is 11.5. The molecule has 0 atom stereocenters. The minimum atomic E-state index is 0.582. The van der Waals surface area contributed by atoms with Gasteiger partial charge in [0, 0.05) is 41.5 Å². The zero-order valence-electron chi connectivity index (χ0n) is 28.0. The molecule has 5 heteroatoms. The second-order valence-corrected chi connectivity index (χ2v) is 13.0. The number of hydrogen-bond donors (Lipinski definition) is 0. The van der Waals surface area contributed by atoms with Gasteiger partial charge in [0.05, 0.1) is 0 Å². The van der Waals surface area contributed by atoms with Gasteiger partial charge >= 0.3 is 0 Å². The Morgan fingerprint density at radius 1 is 0.269 bits per heavy atom. The first-order chi connectivity index (χ1) is 25.8. The van der Waals surface area contributed by atoms with Crippen LogP contribution >= 0.6 is 0 Å². The lowest BCUT2D eigenvalue weighted by atomic mass is 9.88. The summed E-state index contributed by atoms with van der Waals surface area (Å²) < 4.78 is 0. The predicted octanol–water partition coefficient (Wildman–Crippen LogP) is 11.6. The molecule has 0 aliphatic rings. The summed E-state index contributed by atoms with van der Waals surface area (Å²) in [4.78, 5) is 23.7. The van der Waals surface area contributed by atoms with Gasteiger partial charge in [-0.25, -0.2) is 15.0 Å². The molecule has 0 aliphatic heterocycles. The highest BCUT2D eigenvalue weighted by atomic mass is 15.0. The molecule has 10 rings (SSSR count). The Balaban J connectivity index is 1.30. The van der Waals surface area contributed by atoms with E-state index in [1.807, 2.05) is 24.3 Å². The van der Waals surface area contributed by atoms with Crippen molar-refractivity contribution in [3.05, 3.63) is 176 Å². The van der Waals surface area contributed by atoms with Gasteiger partial charge in [-0.1, -0.05) is 97.1 Å². The lowest BCUT2D eigenvalue weighted by Crippen LogP contribution is -2.01. The van der Waals surface area contributed by atoms with Crippen LogP contribution in [0.1, 0.15) is 0 Å². The number of rotatable bonds is 5. The molecule has 0 unspecified atom stereocenters. The average molecular weight is 664 g/mol.